The lowest BCUT2D eigenvalue weighted by Gasteiger charge is -2.37. The van der Waals surface area contributed by atoms with Gasteiger partial charge in [-0.2, -0.15) is 0 Å². The first-order valence-corrected chi connectivity index (χ1v) is 5.12. The summed E-state index contributed by atoms with van der Waals surface area (Å²) in [6.45, 7) is 10.7. The Bertz CT molecular complexity index is 175. The molecule has 1 unspecified atom stereocenters. The van der Waals surface area contributed by atoms with Crippen molar-refractivity contribution < 1.29 is 9.76 Å². The van der Waals surface area contributed by atoms with Crippen molar-refractivity contribution in [3.8, 4) is 0 Å². The Labute approximate surface area is 89.8 Å². The van der Waals surface area contributed by atoms with Crippen LogP contribution >= 0.6 is 15.9 Å². The Hall–Kier alpha value is 0.205. The maximum Gasteiger partial charge on any atom is 0.312 e. The van der Waals surface area contributed by atoms with Crippen LogP contribution in [-0.4, -0.2) is 28.5 Å². The lowest BCUT2D eigenvalue weighted by atomic mass is 9.85. The molecule has 0 aliphatic carbocycles. The summed E-state index contributed by atoms with van der Waals surface area (Å²) >= 11 is 3.32. The number of rotatable bonds is 5. The maximum absolute atomic E-state index is 9.74. The Morgan fingerprint density at radius 2 is 1.92 bits per heavy atom. The first kappa shape index (κ1) is 13.2. The Morgan fingerprint density at radius 3 is 2.23 bits per heavy atom. The van der Waals surface area contributed by atoms with Gasteiger partial charge in [-0.15, -0.1) is 6.58 Å². The van der Waals surface area contributed by atoms with Gasteiger partial charge in [0.05, 0.1) is 11.2 Å². The Morgan fingerprint density at radius 1 is 1.46 bits per heavy atom. The highest BCUT2D eigenvalue weighted by Gasteiger charge is 2.35. The zero-order chi connectivity index (χ0) is 10.7. The molecular formula is C9H17BBrO2. The van der Waals surface area contributed by atoms with Crippen molar-refractivity contribution in [3.63, 3.8) is 0 Å². The summed E-state index contributed by atoms with van der Waals surface area (Å²) in [5.41, 5.74) is -1.49. The van der Waals surface area contributed by atoms with Gasteiger partial charge in [-0.05, 0) is 27.7 Å². The summed E-state index contributed by atoms with van der Waals surface area (Å²) in [6, 6.07) is 0. The van der Waals surface area contributed by atoms with E-state index < -0.39 is 11.2 Å². The second-order valence-electron chi connectivity index (χ2n) is 4.00. The lowest BCUT2D eigenvalue weighted by Crippen LogP contribution is -2.48. The van der Waals surface area contributed by atoms with Crippen LogP contribution in [0.3, 0.4) is 0 Å². The van der Waals surface area contributed by atoms with Crippen molar-refractivity contribution in [2.45, 2.75) is 43.6 Å². The summed E-state index contributed by atoms with van der Waals surface area (Å²) in [7, 11) is 1.62. The highest BCUT2D eigenvalue weighted by atomic mass is 79.9. The summed E-state index contributed by atoms with van der Waals surface area (Å²) in [5, 5.41) is 9.74. The predicted molar refractivity (Wildman–Crippen MR) is 60.1 cm³/mol. The molecule has 0 bridgehead atoms. The summed E-state index contributed by atoms with van der Waals surface area (Å²) in [5.74, 6) is 0. The van der Waals surface area contributed by atoms with E-state index in [2.05, 4.69) is 22.5 Å². The van der Waals surface area contributed by atoms with Crippen molar-refractivity contribution in [2.24, 2.45) is 0 Å². The Balaban J connectivity index is 4.11. The third-order valence-corrected chi connectivity index (χ3v) is 2.78. The van der Waals surface area contributed by atoms with Gasteiger partial charge in [-0.3, -0.25) is 0 Å². The first-order valence-electron chi connectivity index (χ1n) is 4.21. The molecule has 0 spiro atoms. The molecule has 4 heteroatoms. The van der Waals surface area contributed by atoms with Gasteiger partial charge in [-0.25, -0.2) is 0 Å². The van der Waals surface area contributed by atoms with E-state index in [1.54, 1.807) is 27.4 Å². The molecule has 1 atom stereocenters. The molecule has 1 N–H and O–H groups in total. The number of alkyl halides is 1. The molecule has 0 saturated heterocycles. The van der Waals surface area contributed by atoms with E-state index in [0.29, 0.717) is 0 Å². The highest BCUT2D eigenvalue weighted by Crippen LogP contribution is 2.24. The van der Waals surface area contributed by atoms with Gasteiger partial charge in [0.25, 0.3) is 0 Å². The van der Waals surface area contributed by atoms with E-state index in [9.17, 15) is 5.11 Å². The zero-order valence-corrected chi connectivity index (χ0v) is 10.3. The van der Waals surface area contributed by atoms with Gasteiger partial charge in [0.15, 0.2) is 0 Å². The summed E-state index contributed by atoms with van der Waals surface area (Å²) in [4.78, 5) is 0. The topological polar surface area (TPSA) is 29.5 Å². The van der Waals surface area contributed by atoms with E-state index >= 15 is 0 Å². The molecule has 0 rings (SSSR count). The van der Waals surface area contributed by atoms with Crippen molar-refractivity contribution in [1.82, 2.24) is 0 Å². The van der Waals surface area contributed by atoms with Crippen LogP contribution in [0.4, 0.5) is 0 Å². The summed E-state index contributed by atoms with van der Waals surface area (Å²) in [6.07, 6.45) is 1.71. The second kappa shape index (κ2) is 4.62. The van der Waals surface area contributed by atoms with Gasteiger partial charge in [-0.1, -0.05) is 22.0 Å². The van der Waals surface area contributed by atoms with Crippen molar-refractivity contribution in [3.05, 3.63) is 12.7 Å². The molecule has 0 amide bonds. The van der Waals surface area contributed by atoms with Crippen LogP contribution in [0.15, 0.2) is 12.7 Å². The molecule has 0 aliphatic rings. The number of hydrogen-bond acceptors (Lipinski definition) is 2. The SMILES string of the molecule is C=CC(Br)[B]OC(C)(C)C(C)(C)O. The number of hydrogen-bond donors (Lipinski definition) is 1. The van der Waals surface area contributed by atoms with E-state index in [1.807, 2.05) is 13.8 Å². The summed E-state index contributed by atoms with van der Waals surface area (Å²) < 4.78 is 5.46. The van der Waals surface area contributed by atoms with Crippen molar-refractivity contribution in [2.75, 3.05) is 0 Å². The van der Waals surface area contributed by atoms with Crippen LogP contribution < -0.4 is 0 Å². The molecule has 13 heavy (non-hydrogen) atoms. The van der Waals surface area contributed by atoms with Crippen LogP contribution in [-0.2, 0) is 4.65 Å². The molecule has 1 radical (unpaired) electrons. The molecule has 0 fully saturated rings. The highest BCUT2D eigenvalue weighted by molar-refractivity contribution is 9.10. The van der Waals surface area contributed by atoms with Crippen LogP contribution in [0.25, 0.3) is 0 Å². The van der Waals surface area contributed by atoms with Gasteiger partial charge in [0, 0.05) is 4.73 Å². The molecule has 0 aromatic heterocycles. The van der Waals surface area contributed by atoms with E-state index in [-0.39, 0.29) is 4.73 Å². The molecule has 0 aromatic carbocycles. The second-order valence-corrected chi connectivity index (χ2v) is 5.06. The average molecular weight is 248 g/mol. The van der Waals surface area contributed by atoms with Gasteiger partial charge >= 0.3 is 7.48 Å². The fraction of sp³-hybridized carbons (Fsp3) is 0.778. The minimum absolute atomic E-state index is 0.00845. The van der Waals surface area contributed by atoms with E-state index in [4.69, 9.17) is 4.65 Å². The standard InChI is InChI=1S/C9H17BBrO2/c1-6-7(11)10-13-9(4,5)8(2,3)12/h6-7,12H,1H2,2-5H3. The van der Waals surface area contributed by atoms with Crippen molar-refractivity contribution >= 4 is 23.4 Å². The molecular weight excluding hydrogens is 231 g/mol. The molecule has 2 nitrogen and oxygen atoms in total. The van der Waals surface area contributed by atoms with Crippen molar-refractivity contribution in [1.29, 1.82) is 0 Å². The molecule has 75 valence electrons. The normalized spacial score (nSPS) is 15.2. The monoisotopic (exact) mass is 247 g/mol. The first-order chi connectivity index (χ1) is 5.70. The quantitative estimate of drug-likeness (QED) is 0.458. The van der Waals surface area contributed by atoms with E-state index in [0.717, 1.165) is 0 Å². The Kier molecular flexibility index (Phi) is 4.70. The number of halogens is 1. The van der Waals surface area contributed by atoms with Gasteiger partial charge in [0.1, 0.15) is 0 Å². The maximum atomic E-state index is 9.74. The fourth-order valence-corrected chi connectivity index (χ4v) is 0.543. The lowest BCUT2D eigenvalue weighted by molar-refractivity contribution is -0.0902. The van der Waals surface area contributed by atoms with Gasteiger partial charge < -0.3 is 9.76 Å². The van der Waals surface area contributed by atoms with Crippen LogP contribution in [0.2, 0.25) is 0 Å². The van der Waals surface area contributed by atoms with Gasteiger partial charge in [0.2, 0.25) is 0 Å². The third-order valence-electron chi connectivity index (χ3n) is 2.19. The van der Waals surface area contributed by atoms with E-state index in [1.165, 1.54) is 0 Å². The largest absolute Gasteiger partial charge is 0.431 e. The average Bonchev–Trinajstić information content (AvgIpc) is 1.98. The molecule has 0 saturated carbocycles. The van der Waals surface area contributed by atoms with Crippen LogP contribution in [0.1, 0.15) is 27.7 Å². The minimum atomic E-state index is -0.878. The van der Waals surface area contributed by atoms with Crippen LogP contribution in [0.5, 0.6) is 0 Å². The predicted octanol–water partition coefficient (Wildman–Crippen LogP) is 2.08. The third kappa shape index (κ3) is 4.29. The molecule has 0 aromatic rings. The smallest absolute Gasteiger partial charge is 0.312 e. The fourth-order valence-electron chi connectivity index (χ4n) is 0.435. The number of aliphatic hydroxyl groups is 1. The number of allylic oxidation sites excluding steroid dienone is 1. The molecule has 0 heterocycles. The zero-order valence-electron chi connectivity index (χ0n) is 8.67. The minimum Gasteiger partial charge on any atom is -0.431 e. The van der Waals surface area contributed by atoms with Crippen LogP contribution in [0, 0.1) is 0 Å². The molecule has 0 aliphatic heterocycles.